The molecule has 0 aliphatic heterocycles. The van der Waals surface area contributed by atoms with E-state index in [1.165, 1.54) is 5.57 Å². The van der Waals surface area contributed by atoms with Crippen LogP contribution in [0.25, 0.3) is 0 Å². The lowest BCUT2D eigenvalue weighted by Crippen LogP contribution is -2.16. The number of rotatable bonds is 2. The Balaban J connectivity index is 2.58. The number of hydrogen-bond donors (Lipinski definition) is 1. The van der Waals surface area contributed by atoms with Gasteiger partial charge in [-0.1, -0.05) is 43.1 Å². The Hall–Kier alpha value is -0.343. The zero-order chi connectivity index (χ0) is 9.90. The van der Waals surface area contributed by atoms with Gasteiger partial charge in [-0.25, -0.2) is 0 Å². The first-order valence-electron chi connectivity index (χ1n) is 5.05. The van der Waals surface area contributed by atoms with Gasteiger partial charge in [0.25, 0.3) is 0 Å². The normalized spacial score (nSPS) is 24.9. The van der Waals surface area contributed by atoms with Crippen LogP contribution in [0.2, 0.25) is 19.6 Å². The third-order valence-electron chi connectivity index (χ3n) is 2.17. The predicted octanol–water partition coefficient (Wildman–Crippen LogP) is 2.89. The van der Waals surface area contributed by atoms with Gasteiger partial charge in [-0.3, -0.25) is 0 Å². The maximum atomic E-state index is 9.41. The summed E-state index contributed by atoms with van der Waals surface area (Å²) >= 11 is 0. The number of hydrogen-bond acceptors (Lipinski definition) is 1. The van der Waals surface area contributed by atoms with E-state index in [1.807, 2.05) is 6.08 Å². The summed E-state index contributed by atoms with van der Waals surface area (Å²) in [5.74, 6) is 0. The highest BCUT2D eigenvalue weighted by Crippen LogP contribution is 2.19. The summed E-state index contributed by atoms with van der Waals surface area (Å²) in [7, 11) is -1.07. The summed E-state index contributed by atoms with van der Waals surface area (Å²) < 4.78 is 0. The van der Waals surface area contributed by atoms with Crippen molar-refractivity contribution in [1.29, 1.82) is 0 Å². The van der Waals surface area contributed by atoms with Gasteiger partial charge >= 0.3 is 0 Å². The number of allylic oxidation sites excluding steroid dienone is 2. The molecular weight excluding hydrogens is 176 g/mol. The van der Waals surface area contributed by atoms with Crippen molar-refractivity contribution in [3.05, 3.63) is 23.4 Å². The third kappa shape index (κ3) is 4.43. The maximum Gasteiger partial charge on any atom is 0.0726 e. The Morgan fingerprint density at radius 1 is 1.46 bits per heavy atom. The van der Waals surface area contributed by atoms with E-state index in [-0.39, 0.29) is 6.10 Å². The van der Waals surface area contributed by atoms with Crippen LogP contribution < -0.4 is 0 Å². The van der Waals surface area contributed by atoms with Crippen LogP contribution in [-0.4, -0.2) is 19.3 Å². The molecule has 1 N–H and O–H groups in total. The first-order chi connectivity index (χ1) is 5.97. The van der Waals surface area contributed by atoms with Gasteiger partial charge in [0.1, 0.15) is 0 Å². The lowest BCUT2D eigenvalue weighted by atomic mass is 9.98. The van der Waals surface area contributed by atoms with Crippen molar-refractivity contribution in [1.82, 2.24) is 0 Å². The molecule has 2 heteroatoms. The Morgan fingerprint density at radius 2 is 2.15 bits per heavy atom. The first kappa shape index (κ1) is 10.7. The molecule has 0 aromatic carbocycles. The molecule has 0 aromatic heterocycles. The molecule has 0 spiro atoms. The van der Waals surface area contributed by atoms with Gasteiger partial charge in [0.05, 0.1) is 14.2 Å². The minimum atomic E-state index is -1.07. The monoisotopic (exact) mass is 196 g/mol. The highest BCUT2D eigenvalue weighted by molar-refractivity contribution is 6.81. The van der Waals surface area contributed by atoms with Crippen molar-refractivity contribution in [2.75, 3.05) is 0 Å². The fourth-order valence-electron chi connectivity index (χ4n) is 1.43. The molecule has 1 atom stereocenters. The molecule has 13 heavy (non-hydrogen) atoms. The molecule has 0 unspecified atom stereocenters. The minimum Gasteiger partial charge on any atom is -0.389 e. The summed E-state index contributed by atoms with van der Waals surface area (Å²) in [6, 6.07) is 0. The molecule has 1 aliphatic carbocycles. The van der Waals surface area contributed by atoms with Gasteiger partial charge in [-0.2, -0.15) is 0 Å². The largest absolute Gasteiger partial charge is 0.389 e. The number of aliphatic hydroxyl groups excluding tert-OH is 1. The smallest absolute Gasteiger partial charge is 0.0726 e. The zero-order valence-corrected chi connectivity index (χ0v) is 9.88. The van der Waals surface area contributed by atoms with E-state index in [0.717, 1.165) is 19.3 Å². The third-order valence-corrected chi connectivity index (χ3v) is 3.34. The van der Waals surface area contributed by atoms with Crippen LogP contribution in [0, 0.1) is 0 Å². The second-order valence-electron chi connectivity index (χ2n) is 4.90. The highest BCUT2D eigenvalue weighted by atomic mass is 28.3. The Kier molecular flexibility index (Phi) is 3.51. The molecule has 1 aliphatic rings. The highest BCUT2D eigenvalue weighted by Gasteiger charge is 2.11. The Labute approximate surface area is 82.2 Å². The molecule has 0 amide bonds. The summed E-state index contributed by atoms with van der Waals surface area (Å²) in [6.45, 7) is 6.97. The van der Waals surface area contributed by atoms with Gasteiger partial charge < -0.3 is 5.11 Å². The van der Waals surface area contributed by atoms with E-state index in [2.05, 4.69) is 31.4 Å². The Bertz CT molecular complexity index is 223. The van der Waals surface area contributed by atoms with E-state index in [1.54, 1.807) is 0 Å². The van der Waals surface area contributed by atoms with E-state index in [4.69, 9.17) is 0 Å². The van der Waals surface area contributed by atoms with Gasteiger partial charge in [0, 0.05) is 0 Å². The average Bonchev–Trinajstić information content (AvgIpc) is 2.00. The van der Waals surface area contributed by atoms with Crippen LogP contribution in [0.1, 0.15) is 19.3 Å². The second-order valence-corrected chi connectivity index (χ2v) is 9.97. The van der Waals surface area contributed by atoms with Crippen LogP contribution in [0.5, 0.6) is 0 Å². The van der Waals surface area contributed by atoms with E-state index < -0.39 is 8.07 Å². The summed E-state index contributed by atoms with van der Waals surface area (Å²) in [5.41, 5.74) is 3.66. The summed E-state index contributed by atoms with van der Waals surface area (Å²) in [6.07, 6.45) is 7.22. The van der Waals surface area contributed by atoms with Gasteiger partial charge in [-0.05, 0) is 19.3 Å². The van der Waals surface area contributed by atoms with E-state index in [0.29, 0.717) is 0 Å². The second kappa shape index (κ2) is 4.25. The van der Waals surface area contributed by atoms with Gasteiger partial charge in [0.2, 0.25) is 0 Å². The molecule has 1 rings (SSSR count). The van der Waals surface area contributed by atoms with E-state index in [9.17, 15) is 5.11 Å². The van der Waals surface area contributed by atoms with Crippen molar-refractivity contribution >= 4 is 8.07 Å². The first-order valence-corrected chi connectivity index (χ1v) is 8.63. The van der Waals surface area contributed by atoms with Crippen LogP contribution in [-0.2, 0) is 0 Å². The molecule has 0 saturated carbocycles. The topological polar surface area (TPSA) is 20.2 Å². The molecule has 0 bridgehead atoms. The van der Waals surface area contributed by atoms with Crippen molar-refractivity contribution in [3.8, 4) is 0 Å². The molecular formula is C11H20OSi. The average molecular weight is 196 g/mol. The quantitative estimate of drug-likeness (QED) is 0.673. The molecule has 0 aromatic rings. The van der Waals surface area contributed by atoms with Crippen LogP contribution in [0.15, 0.2) is 23.4 Å². The van der Waals surface area contributed by atoms with Gasteiger partial charge in [-0.15, -0.1) is 0 Å². The van der Waals surface area contributed by atoms with Crippen molar-refractivity contribution in [3.63, 3.8) is 0 Å². The Morgan fingerprint density at radius 3 is 2.69 bits per heavy atom. The minimum absolute atomic E-state index is 0.199. The van der Waals surface area contributed by atoms with E-state index >= 15 is 0 Å². The molecule has 74 valence electrons. The molecule has 0 fully saturated rings. The van der Waals surface area contributed by atoms with Crippen molar-refractivity contribution in [2.24, 2.45) is 0 Å². The maximum absolute atomic E-state index is 9.41. The van der Waals surface area contributed by atoms with Crippen molar-refractivity contribution in [2.45, 2.75) is 45.0 Å². The zero-order valence-electron chi connectivity index (χ0n) is 8.88. The fourth-order valence-corrected chi connectivity index (χ4v) is 2.14. The van der Waals surface area contributed by atoms with Crippen LogP contribution in [0.3, 0.4) is 0 Å². The summed E-state index contributed by atoms with van der Waals surface area (Å²) in [5, 5.41) is 9.41. The fraction of sp³-hybridized carbons (Fsp3) is 0.636. The molecule has 0 heterocycles. The molecule has 1 nitrogen and oxygen atoms in total. The lowest BCUT2D eigenvalue weighted by molar-refractivity contribution is 0.203. The summed E-state index contributed by atoms with van der Waals surface area (Å²) in [4.78, 5) is 0. The standard InChI is InChI=1S/C11H20OSi/c1-13(2,3)8-7-10-5-4-6-11(12)9-10/h7-9,11-12H,4-6H2,1-3H3/b8-7+/t11-/m0/s1. The molecule has 0 saturated heterocycles. The lowest BCUT2D eigenvalue weighted by Gasteiger charge is -2.15. The van der Waals surface area contributed by atoms with Crippen molar-refractivity contribution < 1.29 is 5.11 Å². The van der Waals surface area contributed by atoms with Crippen LogP contribution in [0.4, 0.5) is 0 Å². The van der Waals surface area contributed by atoms with Gasteiger partial charge in [0.15, 0.2) is 0 Å². The molecule has 0 radical (unpaired) electrons. The predicted molar refractivity (Wildman–Crippen MR) is 60.4 cm³/mol. The van der Waals surface area contributed by atoms with Crippen LogP contribution >= 0.6 is 0 Å². The SMILES string of the molecule is C[Si](C)(C)/C=C/C1=C[C@@H](O)CCC1. The number of aliphatic hydroxyl groups is 1.